The highest BCUT2D eigenvalue weighted by Gasteiger charge is 2.21. The lowest BCUT2D eigenvalue weighted by molar-refractivity contribution is 0.359. The molecule has 3 heteroatoms. The van der Waals surface area contributed by atoms with Crippen molar-refractivity contribution in [3.05, 3.63) is 24.3 Å². The van der Waals surface area contributed by atoms with Gasteiger partial charge in [-0.2, -0.15) is 0 Å². The Kier molecular flexibility index (Phi) is 3.08. The van der Waals surface area contributed by atoms with Crippen LogP contribution in [0.3, 0.4) is 0 Å². The molecule has 3 rings (SSSR count). The molecule has 2 aromatic rings. The van der Waals surface area contributed by atoms with Crippen molar-refractivity contribution < 1.29 is 0 Å². The van der Waals surface area contributed by atoms with E-state index in [0.29, 0.717) is 6.04 Å². The highest BCUT2D eigenvalue weighted by atomic mass is 15.1. The predicted octanol–water partition coefficient (Wildman–Crippen LogP) is 4.23. The highest BCUT2D eigenvalue weighted by Crippen LogP contribution is 2.31. The Hall–Kier alpha value is -1.38. The molecule has 0 spiro atoms. The van der Waals surface area contributed by atoms with Crippen LogP contribution in [0, 0.1) is 0 Å². The van der Waals surface area contributed by atoms with Gasteiger partial charge in [0.05, 0.1) is 0 Å². The van der Waals surface area contributed by atoms with E-state index in [0.717, 1.165) is 11.5 Å². The van der Waals surface area contributed by atoms with Crippen molar-refractivity contribution in [3.63, 3.8) is 0 Å². The molecule has 1 aliphatic carbocycles. The number of fused-ring (bicyclic) bond motifs is 1. The van der Waals surface area contributed by atoms with Crippen LogP contribution in [0.1, 0.15) is 64.7 Å². The zero-order valence-electron chi connectivity index (χ0n) is 12.2. The molecular formula is C16H23N3. The van der Waals surface area contributed by atoms with E-state index in [1.807, 2.05) is 6.20 Å². The smallest absolute Gasteiger partial charge is 0.143 e. The van der Waals surface area contributed by atoms with Crippen LogP contribution in [0.2, 0.25) is 0 Å². The summed E-state index contributed by atoms with van der Waals surface area (Å²) < 4.78 is 2.38. The molecule has 3 nitrogen and oxygen atoms in total. The lowest BCUT2D eigenvalue weighted by Crippen LogP contribution is -2.17. The van der Waals surface area contributed by atoms with Gasteiger partial charge in [0.1, 0.15) is 11.5 Å². The van der Waals surface area contributed by atoms with E-state index in [9.17, 15) is 0 Å². The van der Waals surface area contributed by atoms with Gasteiger partial charge < -0.3 is 4.57 Å². The van der Waals surface area contributed by atoms with Gasteiger partial charge in [-0.15, -0.1) is 0 Å². The quantitative estimate of drug-likeness (QED) is 0.765. The second kappa shape index (κ2) is 4.62. The molecule has 1 aliphatic rings. The largest absolute Gasteiger partial charge is 0.329 e. The molecule has 2 aromatic heterocycles. The fraction of sp³-hybridized carbons (Fsp3) is 0.625. The first kappa shape index (κ1) is 12.6. The number of nitrogens with zero attached hydrogens (tertiary/aromatic N) is 3. The minimum atomic E-state index is 0.00978. The van der Waals surface area contributed by atoms with Crippen molar-refractivity contribution in [2.24, 2.45) is 0 Å². The van der Waals surface area contributed by atoms with E-state index in [2.05, 4.69) is 42.6 Å². The van der Waals surface area contributed by atoms with Gasteiger partial charge in [0.25, 0.3) is 0 Å². The van der Waals surface area contributed by atoms with Gasteiger partial charge in [-0.3, -0.25) is 0 Å². The standard InChI is InChI=1S/C16H23N3/c1-16(2,3)15-17-11-12-9-10-19(14(12)18-15)13-7-5-4-6-8-13/h9-11,13H,4-8H2,1-3H3. The van der Waals surface area contributed by atoms with E-state index in [1.54, 1.807) is 0 Å². The third-order valence-electron chi connectivity index (χ3n) is 4.09. The van der Waals surface area contributed by atoms with Gasteiger partial charge in [-0.1, -0.05) is 40.0 Å². The van der Waals surface area contributed by atoms with Gasteiger partial charge in [0, 0.05) is 29.2 Å². The molecule has 0 unspecified atom stereocenters. The fourth-order valence-corrected chi connectivity index (χ4v) is 2.95. The van der Waals surface area contributed by atoms with Crippen LogP contribution in [-0.2, 0) is 5.41 Å². The summed E-state index contributed by atoms with van der Waals surface area (Å²) in [7, 11) is 0. The highest BCUT2D eigenvalue weighted by molar-refractivity contribution is 5.75. The number of rotatable bonds is 1. The molecule has 1 saturated carbocycles. The minimum absolute atomic E-state index is 0.00978. The van der Waals surface area contributed by atoms with E-state index in [4.69, 9.17) is 4.98 Å². The minimum Gasteiger partial charge on any atom is -0.329 e. The molecule has 1 fully saturated rings. The Labute approximate surface area is 115 Å². The maximum Gasteiger partial charge on any atom is 0.143 e. The molecule has 0 radical (unpaired) electrons. The maximum atomic E-state index is 4.83. The Morgan fingerprint density at radius 2 is 1.89 bits per heavy atom. The van der Waals surface area contributed by atoms with Crippen LogP contribution in [0.15, 0.2) is 18.5 Å². The second-order valence-electron chi connectivity index (χ2n) is 6.74. The molecule has 0 atom stereocenters. The third kappa shape index (κ3) is 2.38. The maximum absolute atomic E-state index is 4.83. The van der Waals surface area contributed by atoms with Crippen molar-refractivity contribution in [2.75, 3.05) is 0 Å². The summed E-state index contributed by atoms with van der Waals surface area (Å²) in [6.45, 7) is 6.51. The van der Waals surface area contributed by atoms with E-state index in [-0.39, 0.29) is 5.41 Å². The SMILES string of the molecule is CC(C)(C)c1ncc2ccn(C3CCCCC3)c2n1. The van der Waals surface area contributed by atoms with E-state index >= 15 is 0 Å². The summed E-state index contributed by atoms with van der Waals surface area (Å²) in [5, 5.41) is 1.17. The van der Waals surface area contributed by atoms with Crippen LogP contribution >= 0.6 is 0 Å². The van der Waals surface area contributed by atoms with Gasteiger partial charge in [0.2, 0.25) is 0 Å². The fourth-order valence-electron chi connectivity index (χ4n) is 2.95. The third-order valence-corrected chi connectivity index (χ3v) is 4.09. The molecule has 102 valence electrons. The van der Waals surface area contributed by atoms with Crippen LogP contribution in [0.5, 0.6) is 0 Å². The first-order valence-electron chi connectivity index (χ1n) is 7.40. The molecule has 0 N–H and O–H groups in total. The van der Waals surface area contributed by atoms with Crippen LogP contribution in [-0.4, -0.2) is 14.5 Å². The Morgan fingerprint density at radius 1 is 1.16 bits per heavy atom. The Morgan fingerprint density at radius 3 is 2.58 bits per heavy atom. The predicted molar refractivity (Wildman–Crippen MR) is 78.4 cm³/mol. The molecule has 0 amide bonds. The molecule has 0 bridgehead atoms. The van der Waals surface area contributed by atoms with E-state index in [1.165, 1.54) is 37.5 Å². The normalized spacial score (nSPS) is 18.1. The summed E-state index contributed by atoms with van der Waals surface area (Å²) in [6.07, 6.45) is 10.8. The molecule has 0 aliphatic heterocycles. The molecular weight excluding hydrogens is 234 g/mol. The average molecular weight is 257 g/mol. The number of hydrogen-bond donors (Lipinski definition) is 0. The van der Waals surface area contributed by atoms with Crippen LogP contribution in [0.4, 0.5) is 0 Å². The second-order valence-corrected chi connectivity index (χ2v) is 6.74. The van der Waals surface area contributed by atoms with Crippen molar-refractivity contribution in [1.82, 2.24) is 14.5 Å². The van der Waals surface area contributed by atoms with Crippen molar-refractivity contribution in [2.45, 2.75) is 64.3 Å². The molecule has 0 saturated heterocycles. The Bertz CT molecular complexity index is 571. The summed E-state index contributed by atoms with van der Waals surface area (Å²) in [4.78, 5) is 9.35. The Balaban J connectivity index is 2.05. The summed E-state index contributed by atoms with van der Waals surface area (Å²) in [5.74, 6) is 0.941. The topological polar surface area (TPSA) is 30.7 Å². The van der Waals surface area contributed by atoms with E-state index < -0.39 is 0 Å². The average Bonchev–Trinajstić information content (AvgIpc) is 2.81. The lowest BCUT2D eigenvalue weighted by atomic mass is 9.95. The van der Waals surface area contributed by atoms with Crippen molar-refractivity contribution in [1.29, 1.82) is 0 Å². The molecule has 19 heavy (non-hydrogen) atoms. The van der Waals surface area contributed by atoms with Gasteiger partial charge in [0.15, 0.2) is 0 Å². The lowest BCUT2D eigenvalue weighted by Gasteiger charge is -2.24. The summed E-state index contributed by atoms with van der Waals surface area (Å²) in [6, 6.07) is 2.78. The summed E-state index contributed by atoms with van der Waals surface area (Å²) in [5.41, 5.74) is 1.13. The van der Waals surface area contributed by atoms with Gasteiger partial charge in [-0.25, -0.2) is 9.97 Å². The molecule has 2 heterocycles. The van der Waals surface area contributed by atoms with Gasteiger partial charge in [-0.05, 0) is 18.9 Å². The van der Waals surface area contributed by atoms with Crippen LogP contribution in [0.25, 0.3) is 11.0 Å². The van der Waals surface area contributed by atoms with Gasteiger partial charge >= 0.3 is 0 Å². The van der Waals surface area contributed by atoms with Crippen LogP contribution < -0.4 is 0 Å². The first-order chi connectivity index (χ1) is 9.05. The number of aromatic nitrogens is 3. The zero-order valence-corrected chi connectivity index (χ0v) is 12.2. The zero-order chi connectivity index (χ0) is 13.5. The number of hydrogen-bond acceptors (Lipinski definition) is 2. The first-order valence-corrected chi connectivity index (χ1v) is 7.40. The summed E-state index contributed by atoms with van der Waals surface area (Å²) >= 11 is 0. The van der Waals surface area contributed by atoms with Crippen molar-refractivity contribution >= 4 is 11.0 Å². The molecule has 0 aromatic carbocycles. The monoisotopic (exact) mass is 257 g/mol. The van der Waals surface area contributed by atoms with Crippen molar-refractivity contribution in [3.8, 4) is 0 Å².